The van der Waals surface area contributed by atoms with Crippen molar-refractivity contribution in [2.75, 3.05) is 6.61 Å². The highest BCUT2D eigenvalue weighted by atomic mass is 16.5. The Kier molecular flexibility index (Phi) is 4.08. The zero-order valence-corrected chi connectivity index (χ0v) is 16.0. The minimum atomic E-state index is -0.0668. The van der Waals surface area contributed by atoms with E-state index in [-0.39, 0.29) is 4.59 Å². The van der Waals surface area contributed by atoms with Crippen LogP contribution in [0.2, 0.25) is 0 Å². The van der Waals surface area contributed by atoms with Crippen molar-refractivity contribution in [1.29, 1.82) is 0 Å². The third-order valence-electron chi connectivity index (χ3n) is 5.06. The number of aromatic nitrogens is 1. The van der Waals surface area contributed by atoms with Crippen LogP contribution in [-0.2, 0) is 4.74 Å². The Morgan fingerprint density at radius 1 is 1.00 bits per heavy atom. The van der Waals surface area contributed by atoms with Crippen LogP contribution in [0.3, 0.4) is 0 Å². The fraction of sp³-hybridized carbons (Fsp3) is 0.0870. The quantitative estimate of drug-likeness (QED) is 0.545. The molecule has 0 aliphatic carbocycles. The molecule has 0 saturated heterocycles. The molecule has 0 radical (unpaired) electrons. The number of ether oxygens (including phenoxy) is 1. The summed E-state index contributed by atoms with van der Waals surface area (Å²) in [5, 5.41) is 1.06. The summed E-state index contributed by atoms with van der Waals surface area (Å²) in [6.07, 6.45) is 5.19. The van der Waals surface area contributed by atoms with Gasteiger partial charge >= 0.3 is 0 Å². The number of benzene rings is 2. The van der Waals surface area contributed by atoms with Gasteiger partial charge in [0.15, 0.2) is 0 Å². The lowest BCUT2D eigenvalue weighted by Crippen LogP contribution is -2.53. The van der Waals surface area contributed by atoms with Crippen molar-refractivity contribution in [2.24, 2.45) is 15.8 Å². The van der Waals surface area contributed by atoms with Gasteiger partial charge in [-0.05, 0) is 25.1 Å². The SMILES string of the molecule is CCOC1=C2C=NC=C[N+]2(N)C(c2ccc3ccc(-c4ccccc4)nc3c2)=N1. The van der Waals surface area contributed by atoms with Gasteiger partial charge in [-0.25, -0.2) is 4.98 Å². The summed E-state index contributed by atoms with van der Waals surface area (Å²) in [5.41, 5.74) is 4.51. The molecule has 0 bridgehead atoms. The normalized spacial score (nSPS) is 20.1. The first kappa shape index (κ1) is 17.5. The molecule has 3 heterocycles. The zero-order valence-electron chi connectivity index (χ0n) is 16.0. The lowest BCUT2D eigenvalue weighted by atomic mass is 10.1. The molecule has 0 amide bonds. The summed E-state index contributed by atoms with van der Waals surface area (Å²) in [6, 6.07) is 20.4. The molecule has 29 heavy (non-hydrogen) atoms. The highest BCUT2D eigenvalue weighted by Crippen LogP contribution is 2.32. The summed E-state index contributed by atoms with van der Waals surface area (Å²) >= 11 is 0. The molecule has 2 aliphatic heterocycles. The third kappa shape index (κ3) is 2.86. The molecule has 1 unspecified atom stereocenters. The molecule has 2 N–H and O–H groups in total. The molecule has 0 fully saturated rings. The zero-order chi connectivity index (χ0) is 19.8. The van der Waals surface area contributed by atoms with E-state index < -0.39 is 0 Å². The van der Waals surface area contributed by atoms with Crippen LogP contribution in [0, 0.1) is 0 Å². The Hall–Kier alpha value is -3.61. The summed E-state index contributed by atoms with van der Waals surface area (Å²) in [7, 11) is 0. The maximum Gasteiger partial charge on any atom is 0.286 e. The molecule has 2 aliphatic rings. The number of hydrogen-bond donors (Lipinski definition) is 1. The van der Waals surface area contributed by atoms with Gasteiger partial charge < -0.3 is 4.74 Å². The van der Waals surface area contributed by atoms with Crippen molar-refractivity contribution in [2.45, 2.75) is 6.92 Å². The summed E-state index contributed by atoms with van der Waals surface area (Å²) in [4.78, 5) is 13.8. The fourth-order valence-electron chi connectivity index (χ4n) is 3.61. The van der Waals surface area contributed by atoms with Gasteiger partial charge in [-0.15, -0.1) is 4.59 Å². The Bertz CT molecular complexity index is 1230. The first-order chi connectivity index (χ1) is 14.2. The van der Waals surface area contributed by atoms with Crippen LogP contribution in [0.25, 0.3) is 22.2 Å². The number of pyridine rings is 1. The second kappa shape index (κ2) is 6.77. The monoisotopic (exact) mass is 382 g/mol. The van der Waals surface area contributed by atoms with Gasteiger partial charge in [0.1, 0.15) is 6.20 Å². The van der Waals surface area contributed by atoms with Crippen LogP contribution in [0.1, 0.15) is 12.5 Å². The molecule has 6 nitrogen and oxygen atoms in total. The average molecular weight is 382 g/mol. The molecule has 0 saturated carbocycles. The predicted octanol–water partition coefficient (Wildman–Crippen LogP) is 4.11. The number of hydrogen-bond acceptors (Lipinski definition) is 5. The van der Waals surface area contributed by atoms with E-state index in [1.165, 1.54) is 0 Å². The number of rotatable bonds is 4. The molecule has 1 aromatic heterocycles. The number of allylic oxidation sites excluding steroid dienone is 1. The molecule has 6 heteroatoms. The number of fused-ring (bicyclic) bond motifs is 2. The van der Waals surface area contributed by atoms with Gasteiger partial charge in [-0.3, -0.25) is 4.99 Å². The van der Waals surface area contributed by atoms with Crippen LogP contribution < -0.4 is 5.84 Å². The highest BCUT2D eigenvalue weighted by Gasteiger charge is 2.45. The second-order valence-electron chi connectivity index (χ2n) is 6.88. The first-order valence-corrected chi connectivity index (χ1v) is 9.51. The van der Waals surface area contributed by atoms with E-state index in [2.05, 4.69) is 23.2 Å². The van der Waals surface area contributed by atoms with Crippen LogP contribution in [0.5, 0.6) is 0 Å². The van der Waals surface area contributed by atoms with Crippen molar-refractivity contribution < 1.29 is 9.33 Å². The molecule has 3 aromatic rings. The maximum atomic E-state index is 6.70. The van der Waals surface area contributed by atoms with E-state index in [1.54, 1.807) is 18.6 Å². The van der Waals surface area contributed by atoms with Crippen LogP contribution in [0.4, 0.5) is 0 Å². The average Bonchev–Trinajstić information content (AvgIpc) is 3.06. The van der Waals surface area contributed by atoms with E-state index in [4.69, 9.17) is 20.6 Å². The minimum Gasteiger partial charge on any atom is -0.473 e. The van der Waals surface area contributed by atoms with Crippen molar-refractivity contribution >= 4 is 23.0 Å². The Morgan fingerprint density at radius 3 is 2.66 bits per heavy atom. The van der Waals surface area contributed by atoms with E-state index >= 15 is 0 Å². The molecule has 142 valence electrons. The summed E-state index contributed by atoms with van der Waals surface area (Å²) in [6.45, 7) is 2.43. The highest BCUT2D eigenvalue weighted by molar-refractivity contribution is 6.02. The summed E-state index contributed by atoms with van der Waals surface area (Å²) < 4.78 is 5.64. The van der Waals surface area contributed by atoms with Crippen LogP contribution in [0.15, 0.2) is 94.6 Å². The smallest absolute Gasteiger partial charge is 0.286 e. The number of nitrogens with two attached hydrogens (primary N) is 1. The molecule has 5 rings (SSSR count). The van der Waals surface area contributed by atoms with Crippen molar-refractivity contribution in [3.05, 3.63) is 90.2 Å². The van der Waals surface area contributed by atoms with Gasteiger partial charge in [0.05, 0.1) is 35.8 Å². The molecular weight excluding hydrogens is 362 g/mol. The standard InChI is InChI=1S/C23H20N5O/c1-2-29-23-21-15-25-12-13-28(21,24)22(27-23)18-9-8-17-10-11-19(26-20(17)14-18)16-6-4-3-5-7-16/h3-15H,2,24H2,1H3/q+1. The van der Waals surface area contributed by atoms with Crippen molar-refractivity contribution in [1.82, 2.24) is 4.98 Å². The number of quaternary nitrogens is 1. The van der Waals surface area contributed by atoms with Crippen molar-refractivity contribution in [3.63, 3.8) is 0 Å². The number of aliphatic imine (C=N–C) groups is 2. The van der Waals surface area contributed by atoms with E-state index in [1.807, 2.05) is 49.4 Å². The van der Waals surface area contributed by atoms with Gasteiger partial charge in [0, 0.05) is 10.9 Å². The lowest BCUT2D eigenvalue weighted by Gasteiger charge is -2.25. The van der Waals surface area contributed by atoms with Gasteiger partial charge in [0.2, 0.25) is 5.70 Å². The maximum absolute atomic E-state index is 6.70. The molecule has 2 aromatic carbocycles. The minimum absolute atomic E-state index is 0.0668. The van der Waals surface area contributed by atoms with Crippen molar-refractivity contribution in [3.8, 4) is 11.3 Å². The van der Waals surface area contributed by atoms with Crippen LogP contribution >= 0.6 is 0 Å². The first-order valence-electron chi connectivity index (χ1n) is 9.51. The van der Waals surface area contributed by atoms with E-state index in [0.29, 0.717) is 18.3 Å². The topological polar surface area (TPSA) is 72.9 Å². The summed E-state index contributed by atoms with van der Waals surface area (Å²) in [5.74, 6) is 7.88. The second-order valence-corrected chi connectivity index (χ2v) is 6.88. The van der Waals surface area contributed by atoms with Gasteiger partial charge in [-0.1, -0.05) is 42.5 Å². The largest absolute Gasteiger partial charge is 0.473 e. The Balaban J connectivity index is 1.61. The number of nitrogens with zero attached hydrogens (tertiary/aromatic N) is 4. The lowest BCUT2D eigenvalue weighted by molar-refractivity contribution is -0.751. The Morgan fingerprint density at radius 2 is 1.83 bits per heavy atom. The Labute approximate surface area is 168 Å². The van der Waals surface area contributed by atoms with E-state index in [0.717, 1.165) is 33.4 Å². The molecule has 1 atom stereocenters. The number of amidine groups is 1. The molecule has 0 spiro atoms. The van der Waals surface area contributed by atoms with Gasteiger partial charge in [0.25, 0.3) is 11.7 Å². The predicted molar refractivity (Wildman–Crippen MR) is 114 cm³/mol. The molecular formula is C23H20N5O+. The third-order valence-corrected chi connectivity index (χ3v) is 5.06. The fourth-order valence-corrected chi connectivity index (χ4v) is 3.61. The van der Waals surface area contributed by atoms with E-state index in [9.17, 15) is 0 Å². The van der Waals surface area contributed by atoms with Crippen LogP contribution in [-0.4, -0.2) is 28.2 Å². The van der Waals surface area contributed by atoms with Gasteiger partial charge in [-0.2, -0.15) is 10.8 Å².